The van der Waals surface area contributed by atoms with Crippen LogP contribution >= 0.6 is 0 Å². The van der Waals surface area contributed by atoms with Gasteiger partial charge in [-0.3, -0.25) is 4.79 Å². The molecule has 0 spiro atoms. The number of para-hydroxylation sites is 1. The van der Waals surface area contributed by atoms with Crippen LogP contribution in [0.5, 0.6) is 17.2 Å². The number of hydrogen-bond acceptors (Lipinski definition) is 3. The Morgan fingerprint density at radius 3 is 2.21 bits per heavy atom. The number of benzene rings is 4. The number of fused-ring (bicyclic) bond motifs is 1. The fraction of sp³-hybridized carbons (Fsp3) is 0.0800. The van der Waals surface area contributed by atoms with Crippen molar-refractivity contribution in [2.24, 2.45) is 0 Å². The van der Waals surface area contributed by atoms with Crippen molar-refractivity contribution in [2.75, 3.05) is 5.32 Å². The number of carbonyl (C=O) groups excluding carboxylic acids is 1. The van der Waals surface area contributed by atoms with Crippen LogP contribution in [0.4, 0.5) is 5.69 Å². The van der Waals surface area contributed by atoms with E-state index in [-0.39, 0.29) is 5.91 Å². The van der Waals surface area contributed by atoms with Crippen LogP contribution in [0.3, 0.4) is 0 Å². The highest BCUT2D eigenvalue weighted by Gasteiger charge is 2.16. The molecule has 4 rings (SSSR count). The molecular weight excluding hydrogens is 362 g/mol. The van der Waals surface area contributed by atoms with Crippen LogP contribution in [0.1, 0.15) is 6.92 Å². The van der Waals surface area contributed by atoms with E-state index in [1.54, 1.807) is 19.1 Å². The molecule has 4 aromatic carbocycles. The van der Waals surface area contributed by atoms with E-state index in [1.807, 2.05) is 84.9 Å². The van der Waals surface area contributed by atoms with Crippen molar-refractivity contribution in [1.29, 1.82) is 0 Å². The number of nitrogens with one attached hydrogen (secondary N) is 1. The second kappa shape index (κ2) is 8.48. The second-order valence-corrected chi connectivity index (χ2v) is 6.67. The van der Waals surface area contributed by atoms with Crippen LogP contribution in [0.2, 0.25) is 0 Å². The smallest absolute Gasteiger partial charge is 0.265 e. The van der Waals surface area contributed by atoms with Gasteiger partial charge in [-0.05, 0) is 54.8 Å². The van der Waals surface area contributed by atoms with Crippen LogP contribution in [0, 0.1) is 0 Å². The fourth-order valence-electron chi connectivity index (χ4n) is 3.02. The first kappa shape index (κ1) is 18.6. The molecule has 1 amide bonds. The molecule has 4 nitrogen and oxygen atoms in total. The molecule has 1 atom stereocenters. The Hall–Kier alpha value is -3.79. The summed E-state index contributed by atoms with van der Waals surface area (Å²) < 4.78 is 11.7. The summed E-state index contributed by atoms with van der Waals surface area (Å²) in [7, 11) is 0. The topological polar surface area (TPSA) is 47.6 Å². The van der Waals surface area contributed by atoms with Crippen molar-refractivity contribution in [2.45, 2.75) is 13.0 Å². The summed E-state index contributed by atoms with van der Waals surface area (Å²) >= 11 is 0. The minimum Gasteiger partial charge on any atom is -0.480 e. The molecule has 0 heterocycles. The molecule has 0 fully saturated rings. The summed E-state index contributed by atoms with van der Waals surface area (Å²) in [6.45, 7) is 1.74. The Labute approximate surface area is 169 Å². The predicted octanol–water partition coefficient (Wildman–Crippen LogP) is 6.04. The third kappa shape index (κ3) is 4.55. The quantitative estimate of drug-likeness (QED) is 0.442. The molecule has 0 unspecified atom stereocenters. The zero-order valence-corrected chi connectivity index (χ0v) is 16.0. The largest absolute Gasteiger partial charge is 0.480 e. The number of carbonyl (C=O) groups is 1. The Kier molecular flexibility index (Phi) is 5.43. The highest BCUT2D eigenvalue weighted by molar-refractivity contribution is 5.95. The summed E-state index contributed by atoms with van der Waals surface area (Å²) in [4.78, 5) is 12.6. The van der Waals surface area contributed by atoms with Gasteiger partial charge in [-0.15, -0.1) is 0 Å². The Morgan fingerprint density at radius 1 is 0.759 bits per heavy atom. The van der Waals surface area contributed by atoms with Gasteiger partial charge < -0.3 is 14.8 Å². The molecular formula is C25H21NO3. The predicted molar refractivity (Wildman–Crippen MR) is 116 cm³/mol. The summed E-state index contributed by atoms with van der Waals surface area (Å²) in [5.41, 5.74) is 0.684. The number of anilines is 1. The SMILES string of the molecule is C[C@@H](Oc1cccc2ccccc12)C(=O)Nc1ccc(Oc2ccccc2)cc1. The van der Waals surface area contributed by atoms with Gasteiger partial charge in [0.05, 0.1) is 0 Å². The van der Waals surface area contributed by atoms with Crippen molar-refractivity contribution in [3.05, 3.63) is 97.1 Å². The Balaban J connectivity index is 1.39. The van der Waals surface area contributed by atoms with Gasteiger partial charge in [0.15, 0.2) is 6.10 Å². The molecule has 0 bridgehead atoms. The lowest BCUT2D eigenvalue weighted by Gasteiger charge is -2.16. The summed E-state index contributed by atoms with van der Waals surface area (Å²) in [6, 6.07) is 30.6. The minimum absolute atomic E-state index is 0.213. The monoisotopic (exact) mass is 383 g/mol. The highest BCUT2D eigenvalue weighted by Crippen LogP contribution is 2.26. The van der Waals surface area contributed by atoms with E-state index in [4.69, 9.17) is 9.47 Å². The molecule has 0 saturated heterocycles. The van der Waals surface area contributed by atoms with E-state index in [1.165, 1.54) is 0 Å². The third-order valence-electron chi connectivity index (χ3n) is 4.52. The van der Waals surface area contributed by atoms with Gasteiger partial charge in [0.1, 0.15) is 17.2 Å². The molecule has 29 heavy (non-hydrogen) atoms. The average molecular weight is 383 g/mol. The van der Waals surface area contributed by atoms with Gasteiger partial charge in [-0.25, -0.2) is 0 Å². The summed E-state index contributed by atoms with van der Waals surface area (Å²) in [5, 5.41) is 4.94. The van der Waals surface area contributed by atoms with Gasteiger partial charge in [-0.1, -0.05) is 54.6 Å². The maximum atomic E-state index is 12.6. The zero-order valence-electron chi connectivity index (χ0n) is 16.0. The van der Waals surface area contributed by atoms with E-state index in [0.717, 1.165) is 16.5 Å². The van der Waals surface area contributed by atoms with Crippen LogP contribution in [-0.2, 0) is 4.79 Å². The standard InChI is InChI=1S/C25H21NO3/c1-18(28-24-13-7-9-19-8-5-6-12-23(19)24)25(27)26-20-14-16-22(17-15-20)29-21-10-3-2-4-11-21/h2-18H,1H3,(H,26,27)/t18-/m1/s1. The molecule has 4 aromatic rings. The van der Waals surface area contributed by atoms with Crippen molar-refractivity contribution in [1.82, 2.24) is 0 Å². The Bertz CT molecular complexity index is 1100. The average Bonchev–Trinajstić information content (AvgIpc) is 2.76. The normalized spacial score (nSPS) is 11.6. The van der Waals surface area contributed by atoms with Gasteiger partial charge in [0.2, 0.25) is 0 Å². The summed E-state index contributed by atoms with van der Waals surface area (Å²) in [5.74, 6) is 1.95. The van der Waals surface area contributed by atoms with E-state index in [0.29, 0.717) is 17.2 Å². The second-order valence-electron chi connectivity index (χ2n) is 6.67. The first-order valence-corrected chi connectivity index (χ1v) is 9.47. The lowest BCUT2D eigenvalue weighted by molar-refractivity contribution is -0.122. The van der Waals surface area contributed by atoms with Crippen molar-refractivity contribution in [3.8, 4) is 17.2 Å². The third-order valence-corrected chi connectivity index (χ3v) is 4.52. The first-order valence-electron chi connectivity index (χ1n) is 9.47. The molecule has 4 heteroatoms. The van der Waals surface area contributed by atoms with Crippen LogP contribution < -0.4 is 14.8 Å². The number of ether oxygens (including phenoxy) is 2. The van der Waals surface area contributed by atoms with Crippen molar-refractivity contribution >= 4 is 22.4 Å². The van der Waals surface area contributed by atoms with Gasteiger partial charge in [-0.2, -0.15) is 0 Å². The zero-order chi connectivity index (χ0) is 20.1. The van der Waals surface area contributed by atoms with Crippen LogP contribution in [-0.4, -0.2) is 12.0 Å². The van der Waals surface area contributed by atoms with Crippen molar-refractivity contribution < 1.29 is 14.3 Å². The first-order chi connectivity index (χ1) is 14.2. The van der Waals surface area contributed by atoms with Crippen LogP contribution in [0.25, 0.3) is 10.8 Å². The highest BCUT2D eigenvalue weighted by atomic mass is 16.5. The lowest BCUT2D eigenvalue weighted by Crippen LogP contribution is -2.30. The number of amides is 1. The Morgan fingerprint density at radius 2 is 1.41 bits per heavy atom. The maximum Gasteiger partial charge on any atom is 0.265 e. The number of rotatable bonds is 6. The van der Waals surface area contributed by atoms with Gasteiger partial charge >= 0.3 is 0 Å². The molecule has 0 aromatic heterocycles. The molecule has 1 N–H and O–H groups in total. The molecule has 144 valence electrons. The maximum absolute atomic E-state index is 12.6. The van der Waals surface area contributed by atoms with Gasteiger partial charge in [0, 0.05) is 11.1 Å². The van der Waals surface area contributed by atoms with E-state index in [2.05, 4.69) is 5.32 Å². The molecule has 0 radical (unpaired) electrons. The molecule has 0 aliphatic carbocycles. The molecule has 0 aliphatic heterocycles. The van der Waals surface area contributed by atoms with Crippen molar-refractivity contribution in [3.63, 3.8) is 0 Å². The van der Waals surface area contributed by atoms with E-state index < -0.39 is 6.10 Å². The summed E-state index contributed by atoms with van der Waals surface area (Å²) in [6.07, 6.45) is -0.638. The lowest BCUT2D eigenvalue weighted by atomic mass is 10.1. The van der Waals surface area contributed by atoms with Crippen LogP contribution in [0.15, 0.2) is 97.1 Å². The molecule has 0 aliphatic rings. The van der Waals surface area contributed by atoms with E-state index in [9.17, 15) is 4.79 Å². The van der Waals surface area contributed by atoms with Gasteiger partial charge in [0.25, 0.3) is 5.91 Å². The minimum atomic E-state index is -0.638. The number of hydrogen-bond donors (Lipinski definition) is 1. The van der Waals surface area contributed by atoms with E-state index >= 15 is 0 Å². The molecule has 0 saturated carbocycles. The fourth-order valence-corrected chi connectivity index (χ4v) is 3.02.